The predicted octanol–water partition coefficient (Wildman–Crippen LogP) is -0.0274. The largest absolute Gasteiger partial charge is 0.480 e. The second-order valence-electron chi connectivity index (χ2n) is 5.41. The summed E-state index contributed by atoms with van der Waals surface area (Å²) in [6.45, 7) is 1.46. The molecular formula is C14H17N5O5S. The summed E-state index contributed by atoms with van der Waals surface area (Å²) < 4.78 is 26.3. The number of carboxylic acids is 1. The summed E-state index contributed by atoms with van der Waals surface area (Å²) in [6, 6.07) is 4.75. The fourth-order valence-electron chi connectivity index (χ4n) is 2.04. The predicted molar refractivity (Wildman–Crippen MR) is 88.5 cm³/mol. The van der Waals surface area contributed by atoms with E-state index >= 15 is 0 Å². The summed E-state index contributed by atoms with van der Waals surface area (Å²) in [6.07, 6.45) is 2.40. The molecule has 0 spiro atoms. The minimum atomic E-state index is -3.53. The van der Waals surface area contributed by atoms with E-state index < -0.39 is 21.9 Å². The molecule has 1 amide bonds. The maximum Gasteiger partial charge on any atom is 0.325 e. The van der Waals surface area contributed by atoms with Crippen molar-refractivity contribution in [3.63, 3.8) is 0 Å². The molecule has 11 heteroatoms. The molecule has 0 aliphatic carbocycles. The Morgan fingerprint density at radius 1 is 1.32 bits per heavy atom. The van der Waals surface area contributed by atoms with Crippen LogP contribution in [0, 0.1) is 6.92 Å². The third-order valence-electron chi connectivity index (χ3n) is 3.03. The molecule has 0 fully saturated rings. The molecule has 0 aliphatic heterocycles. The van der Waals surface area contributed by atoms with Gasteiger partial charge in [0.25, 0.3) is 5.91 Å². The van der Waals surface area contributed by atoms with E-state index in [0.29, 0.717) is 5.69 Å². The van der Waals surface area contributed by atoms with Gasteiger partial charge in [-0.25, -0.2) is 13.1 Å². The van der Waals surface area contributed by atoms with E-state index in [1.807, 2.05) is 0 Å². The fraction of sp³-hybridized carbons (Fsp3) is 0.286. The van der Waals surface area contributed by atoms with E-state index in [-0.39, 0.29) is 24.3 Å². The summed E-state index contributed by atoms with van der Waals surface area (Å²) in [5, 5.41) is 18.7. The molecule has 2 aromatic rings. The average Bonchev–Trinajstić information content (AvgIpc) is 2.92. The summed E-state index contributed by atoms with van der Waals surface area (Å²) in [5.74, 6) is -1.56. The first-order valence-corrected chi connectivity index (χ1v) is 9.00. The van der Waals surface area contributed by atoms with Crippen LogP contribution >= 0.6 is 0 Å². The van der Waals surface area contributed by atoms with Crippen LogP contribution in [-0.2, 0) is 27.9 Å². The number of rotatable bonds is 7. The SMILES string of the molecule is Cc1ccc(NS(C)(=O)=O)c(C(=O)NCc2cn(CC(=O)O)nn2)c1. The molecule has 0 atom stereocenters. The van der Waals surface area contributed by atoms with Crippen molar-refractivity contribution in [2.24, 2.45) is 0 Å². The van der Waals surface area contributed by atoms with Crippen molar-refractivity contribution in [3.05, 3.63) is 41.2 Å². The van der Waals surface area contributed by atoms with E-state index in [1.54, 1.807) is 19.1 Å². The lowest BCUT2D eigenvalue weighted by atomic mass is 10.1. The zero-order valence-corrected chi connectivity index (χ0v) is 14.4. The number of amides is 1. The first-order chi connectivity index (χ1) is 11.6. The van der Waals surface area contributed by atoms with Crippen LogP contribution in [-0.4, -0.2) is 46.7 Å². The number of anilines is 1. The number of hydrogen-bond acceptors (Lipinski definition) is 6. The number of carbonyl (C=O) groups excluding carboxylic acids is 1. The summed E-state index contributed by atoms with van der Waals surface area (Å²) in [7, 11) is -3.53. The van der Waals surface area contributed by atoms with E-state index in [4.69, 9.17) is 5.11 Å². The van der Waals surface area contributed by atoms with Gasteiger partial charge in [-0.3, -0.25) is 14.3 Å². The number of hydrogen-bond donors (Lipinski definition) is 3. The lowest BCUT2D eigenvalue weighted by molar-refractivity contribution is -0.137. The molecule has 134 valence electrons. The van der Waals surface area contributed by atoms with E-state index in [9.17, 15) is 18.0 Å². The van der Waals surface area contributed by atoms with Crippen LogP contribution in [0.3, 0.4) is 0 Å². The molecular weight excluding hydrogens is 350 g/mol. The van der Waals surface area contributed by atoms with Gasteiger partial charge in [-0.1, -0.05) is 16.8 Å². The molecule has 0 aliphatic rings. The first-order valence-electron chi connectivity index (χ1n) is 7.11. The normalized spacial score (nSPS) is 11.1. The number of carboxylic acid groups (broad SMARTS) is 1. The minimum absolute atomic E-state index is 0.0186. The number of aryl methyl sites for hydroxylation is 1. The van der Waals surface area contributed by atoms with Crippen molar-refractivity contribution in [2.45, 2.75) is 20.0 Å². The van der Waals surface area contributed by atoms with Gasteiger partial charge >= 0.3 is 5.97 Å². The summed E-state index contributed by atoms with van der Waals surface area (Å²) in [5.41, 5.74) is 1.50. The topological polar surface area (TPSA) is 143 Å². The lowest BCUT2D eigenvalue weighted by Gasteiger charge is -2.11. The highest BCUT2D eigenvalue weighted by molar-refractivity contribution is 7.92. The highest BCUT2D eigenvalue weighted by Crippen LogP contribution is 2.18. The van der Waals surface area contributed by atoms with Gasteiger partial charge < -0.3 is 10.4 Å². The number of carbonyl (C=O) groups is 2. The fourth-order valence-corrected chi connectivity index (χ4v) is 2.61. The molecule has 0 bridgehead atoms. The maximum absolute atomic E-state index is 12.4. The Bertz CT molecular complexity index is 906. The molecule has 0 radical (unpaired) electrons. The highest BCUT2D eigenvalue weighted by Gasteiger charge is 2.15. The van der Waals surface area contributed by atoms with Crippen molar-refractivity contribution in [1.82, 2.24) is 20.3 Å². The molecule has 25 heavy (non-hydrogen) atoms. The number of aliphatic carboxylic acids is 1. The second-order valence-corrected chi connectivity index (χ2v) is 7.16. The van der Waals surface area contributed by atoms with Crippen LogP contribution in [0.25, 0.3) is 0 Å². The average molecular weight is 367 g/mol. The van der Waals surface area contributed by atoms with Crippen molar-refractivity contribution in [2.75, 3.05) is 11.0 Å². The quantitative estimate of drug-likeness (QED) is 0.623. The van der Waals surface area contributed by atoms with Crippen LogP contribution in [0.5, 0.6) is 0 Å². The lowest BCUT2D eigenvalue weighted by Crippen LogP contribution is -2.25. The number of benzene rings is 1. The van der Waals surface area contributed by atoms with Crippen LogP contribution < -0.4 is 10.0 Å². The van der Waals surface area contributed by atoms with Gasteiger partial charge in [0.05, 0.1) is 30.2 Å². The Morgan fingerprint density at radius 2 is 2.04 bits per heavy atom. The van der Waals surface area contributed by atoms with E-state index in [1.165, 1.54) is 12.3 Å². The molecule has 10 nitrogen and oxygen atoms in total. The molecule has 1 aromatic carbocycles. The van der Waals surface area contributed by atoms with Crippen molar-refractivity contribution >= 4 is 27.6 Å². The Labute approximate surface area is 143 Å². The van der Waals surface area contributed by atoms with Gasteiger partial charge in [0.2, 0.25) is 10.0 Å². The van der Waals surface area contributed by atoms with Gasteiger partial charge in [0.1, 0.15) is 12.2 Å². The summed E-state index contributed by atoms with van der Waals surface area (Å²) in [4.78, 5) is 23.0. The molecule has 0 saturated heterocycles. The van der Waals surface area contributed by atoms with E-state index in [0.717, 1.165) is 16.5 Å². The standard InChI is InChI=1S/C14H17N5O5S/c1-9-3-4-12(17-25(2,23)24)11(5-9)14(22)15-6-10-7-19(18-16-10)8-13(20)21/h3-5,7,17H,6,8H2,1-2H3,(H,15,22)(H,20,21). The first kappa shape index (κ1) is 18.4. The van der Waals surface area contributed by atoms with Crippen LogP contribution in [0.4, 0.5) is 5.69 Å². The van der Waals surface area contributed by atoms with Gasteiger partial charge in [-0.2, -0.15) is 0 Å². The smallest absolute Gasteiger partial charge is 0.325 e. The molecule has 2 rings (SSSR count). The minimum Gasteiger partial charge on any atom is -0.480 e. The second kappa shape index (κ2) is 7.30. The zero-order valence-electron chi connectivity index (χ0n) is 13.6. The Balaban J connectivity index is 2.11. The van der Waals surface area contributed by atoms with Crippen LogP contribution in [0.2, 0.25) is 0 Å². The number of nitrogens with zero attached hydrogens (tertiary/aromatic N) is 3. The third-order valence-corrected chi connectivity index (χ3v) is 3.62. The monoisotopic (exact) mass is 367 g/mol. The van der Waals surface area contributed by atoms with Crippen molar-refractivity contribution in [1.29, 1.82) is 0 Å². The van der Waals surface area contributed by atoms with Crippen LogP contribution in [0.1, 0.15) is 21.6 Å². The molecule has 1 aromatic heterocycles. The molecule has 0 unspecified atom stereocenters. The summed E-state index contributed by atoms with van der Waals surface area (Å²) >= 11 is 0. The number of sulfonamides is 1. The van der Waals surface area contributed by atoms with E-state index in [2.05, 4.69) is 20.4 Å². The molecule has 0 saturated carbocycles. The molecule has 3 N–H and O–H groups in total. The third kappa shape index (κ3) is 5.57. The highest BCUT2D eigenvalue weighted by atomic mass is 32.2. The van der Waals surface area contributed by atoms with Gasteiger partial charge in [-0.15, -0.1) is 5.10 Å². The Kier molecular flexibility index (Phi) is 5.37. The Morgan fingerprint density at radius 3 is 2.68 bits per heavy atom. The van der Waals surface area contributed by atoms with Crippen molar-refractivity contribution in [3.8, 4) is 0 Å². The number of nitrogens with one attached hydrogen (secondary N) is 2. The van der Waals surface area contributed by atoms with Crippen molar-refractivity contribution < 1.29 is 23.1 Å². The molecule has 1 heterocycles. The van der Waals surface area contributed by atoms with Crippen LogP contribution in [0.15, 0.2) is 24.4 Å². The number of aromatic nitrogens is 3. The zero-order chi connectivity index (χ0) is 18.6. The van der Waals surface area contributed by atoms with Gasteiger partial charge in [0, 0.05) is 0 Å². The maximum atomic E-state index is 12.4. The Hall–Kier alpha value is -2.95. The van der Waals surface area contributed by atoms with Gasteiger partial charge in [-0.05, 0) is 19.1 Å². The van der Waals surface area contributed by atoms with Gasteiger partial charge in [0.15, 0.2) is 0 Å².